The maximum Gasteiger partial charge on any atom is 0.328 e. The number of piperidine rings is 1. The van der Waals surface area contributed by atoms with Gasteiger partial charge in [0.1, 0.15) is 5.82 Å². The van der Waals surface area contributed by atoms with Crippen LogP contribution in [0.2, 0.25) is 0 Å². The highest BCUT2D eigenvalue weighted by molar-refractivity contribution is 6.22. The summed E-state index contributed by atoms with van der Waals surface area (Å²) in [5.74, 6) is -1.08. The summed E-state index contributed by atoms with van der Waals surface area (Å²) in [7, 11) is 0. The molecule has 0 aromatic heterocycles. The Labute approximate surface area is 170 Å². The molecule has 0 aliphatic carbocycles. The van der Waals surface area contributed by atoms with Crippen LogP contribution in [0.1, 0.15) is 46.1 Å². The Hall–Kier alpha value is -2.48. The number of nitrogens with zero attached hydrogens (tertiary/aromatic N) is 2. The molecular formula is C21H28FN3O4. The number of hydrogen-bond acceptors (Lipinski definition) is 5. The zero-order valence-electron chi connectivity index (χ0n) is 17.3. The quantitative estimate of drug-likeness (QED) is 0.833. The first-order chi connectivity index (χ1) is 13.6. The van der Waals surface area contributed by atoms with E-state index in [0.717, 1.165) is 17.7 Å². The van der Waals surface area contributed by atoms with Crippen LogP contribution in [0, 0.1) is 17.7 Å². The number of hydroxylamine groups is 2. The summed E-state index contributed by atoms with van der Waals surface area (Å²) >= 11 is 0. The van der Waals surface area contributed by atoms with Crippen LogP contribution < -0.4 is 10.2 Å². The Bertz CT molecular complexity index is 816. The summed E-state index contributed by atoms with van der Waals surface area (Å²) in [6, 6.07) is 3.54. The zero-order chi connectivity index (χ0) is 21.3. The molecule has 3 rings (SSSR count). The summed E-state index contributed by atoms with van der Waals surface area (Å²) in [5.41, 5.74) is 0.0543. The maximum atomic E-state index is 13.7. The van der Waals surface area contributed by atoms with Gasteiger partial charge in [-0.3, -0.25) is 9.59 Å². The van der Waals surface area contributed by atoms with E-state index in [2.05, 4.69) is 5.32 Å². The van der Waals surface area contributed by atoms with E-state index in [9.17, 15) is 18.8 Å². The highest BCUT2D eigenvalue weighted by Crippen LogP contribution is 2.41. The standard InChI is InChI=1S/C21H28FN3O4/c1-13(2)18(26)29-24-9-7-14(8-10-24)12-23-20(28)25-17-11-15(22)5-6-16(17)21(3,4)19(25)27/h5-6,11,13-14H,7-10,12H2,1-4H3,(H,23,28). The van der Waals surface area contributed by atoms with Crippen molar-refractivity contribution in [3.8, 4) is 0 Å². The number of anilines is 1. The van der Waals surface area contributed by atoms with Gasteiger partial charge in [0.25, 0.3) is 0 Å². The minimum atomic E-state index is -0.883. The van der Waals surface area contributed by atoms with Gasteiger partial charge in [-0.05, 0) is 50.3 Å². The summed E-state index contributed by atoms with van der Waals surface area (Å²) < 4.78 is 13.7. The van der Waals surface area contributed by atoms with E-state index >= 15 is 0 Å². The largest absolute Gasteiger partial charge is 0.368 e. The first kappa shape index (κ1) is 21.2. The molecule has 0 saturated carbocycles. The van der Waals surface area contributed by atoms with Crippen molar-refractivity contribution in [3.63, 3.8) is 0 Å². The number of fused-ring (bicyclic) bond motifs is 1. The van der Waals surface area contributed by atoms with Gasteiger partial charge in [-0.25, -0.2) is 14.1 Å². The molecule has 1 saturated heterocycles. The van der Waals surface area contributed by atoms with Gasteiger partial charge in [-0.2, -0.15) is 0 Å². The number of carbonyl (C=O) groups excluding carboxylic acids is 3. The van der Waals surface area contributed by atoms with Gasteiger partial charge in [0.15, 0.2) is 0 Å². The van der Waals surface area contributed by atoms with Crippen LogP contribution >= 0.6 is 0 Å². The van der Waals surface area contributed by atoms with E-state index < -0.39 is 17.3 Å². The van der Waals surface area contributed by atoms with E-state index in [-0.39, 0.29) is 23.7 Å². The molecule has 1 N–H and O–H groups in total. The molecule has 29 heavy (non-hydrogen) atoms. The Kier molecular flexibility index (Phi) is 5.93. The molecule has 3 amide bonds. The molecule has 0 unspecified atom stereocenters. The second kappa shape index (κ2) is 8.10. The number of amides is 3. The van der Waals surface area contributed by atoms with Crippen molar-refractivity contribution in [2.75, 3.05) is 24.5 Å². The lowest BCUT2D eigenvalue weighted by Gasteiger charge is -2.31. The minimum Gasteiger partial charge on any atom is -0.368 e. The van der Waals surface area contributed by atoms with Crippen LogP contribution in [0.4, 0.5) is 14.9 Å². The molecule has 0 bridgehead atoms. The Morgan fingerprint density at radius 2 is 1.93 bits per heavy atom. The number of benzene rings is 1. The molecule has 1 aromatic rings. The van der Waals surface area contributed by atoms with Crippen LogP contribution in [0.25, 0.3) is 0 Å². The Balaban J connectivity index is 1.57. The average Bonchev–Trinajstić information content (AvgIpc) is 2.86. The number of carbonyl (C=O) groups is 3. The van der Waals surface area contributed by atoms with Crippen molar-refractivity contribution in [3.05, 3.63) is 29.6 Å². The lowest BCUT2D eigenvalue weighted by Crippen LogP contribution is -2.48. The molecule has 1 aromatic carbocycles. The Morgan fingerprint density at radius 3 is 2.55 bits per heavy atom. The van der Waals surface area contributed by atoms with Crippen molar-refractivity contribution in [1.82, 2.24) is 10.4 Å². The van der Waals surface area contributed by atoms with Gasteiger partial charge in [-0.15, -0.1) is 5.06 Å². The molecular weight excluding hydrogens is 377 g/mol. The van der Waals surface area contributed by atoms with E-state index in [1.165, 1.54) is 12.1 Å². The molecule has 8 heteroatoms. The molecule has 0 atom stereocenters. The van der Waals surface area contributed by atoms with Crippen molar-refractivity contribution < 1.29 is 23.6 Å². The SMILES string of the molecule is CC(C)C(=O)ON1CCC(CNC(=O)N2C(=O)C(C)(C)c3ccc(F)cc32)CC1. The van der Waals surface area contributed by atoms with Crippen LogP contribution in [-0.2, 0) is 19.8 Å². The van der Waals surface area contributed by atoms with Gasteiger partial charge in [0.05, 0.1) is 17.0 Å². The average molecular weight is 405 g/mol. The third-order valence-corrected chi connectivity index (χ3v) is 5.62. The fourth-order valence-corrected chi connectivity index (χ4v) is 3.67. The predicted octanol–water partition coefficient (Wildman–Crippen LogP) is 2.99. The van der Waals surface area contributed by atoms with Crippen LogP contribution in [-0.4, -0.2) is 42.6 Å². The summed E-state index contributed by atoms with van der Waals surface area (Å²) in [6.07, 6.45) is 1.52. The Morgan fingerprint density at radius 1 is 1.28 bits per heavy atom. The minimum absolute atomic E-state index is 0.179. The first-order valence-electron chi connectivity index (χ1n) is 10.0. The normalized spacial score (nSPS) is 19.4. The summed E-state index contributed by atoms with van der Waals surface area (Å²) in [6.45, 7) is 8.64. The topological polar surface area (TPSA) is 79.0 Å². The maximum absolute atomic E-state index is 13.7. The molecule has 2 heterocycles. The van der Waals surface area contributed by atoms with Crippen molar-refractivity contribution in [2.24, 2.45) is 11.8 Å². The lowest BCUT2D eigenvalue weighted by atomic mass is 9.86. The van der Waals surface area contributed by atoms with E-state index in [1.807, 2.05) is 0 Å². The van der Waals surface area contributed by atoms with E-state index in [0.29, 0.717) is 30.9 Å². The molecule has 158 valence electrons. The molecule has 1 fully saturated rings. The van der Waals surface area contributed by atoms with Gasteiger partial charge in [0, 0.05) is 19.6 Å². The summed E-state index contributed by atoms with van der Waals surface area (Å²) in [5, 5.41) is 4.47. The molecule has 2 aliphatic rings. The highest BCUT2D eigenvalue weighted by atomic mass is 19.1. The first-order valence-corrected chi connectivity index (χ1v) is 10.0. The fraction of sp³-hybridized carbons (Fsp3) is 0.571. The predicted molar refractivity (Wildman–Crippen MR) is 106 cm³/mol. The van der Waals surface area contributed by atoms with Gasteiger partial charge < -0.3 is 10.2 Å². The molecule has 7 nitrogen and oxygen atoms in total. The van der Waals surface area contributed by atoms with Crippen molar-refractivity contribution in [2.45, 2.75) is 46.0 Å². The number of rotatable bonds is 4. The summed E-state index contributed by atoms with van der Waals surface area (Å²) in [4.78, 5) is 43.5. The second-order valence-corrected chi connectivity index (χ2v) is 8.55. The third-order valence-electron chi connectivity index (χ3n) is 5.62. The van der Waals surface area contributed by atoms with Gasteiger partial charge in [0.2, 0.25) is 5.91 Å². The third kappa shape index (κ3) is 4.27. The van der Waals surface area contributed by atoms with Crippen molar-refractivity contribution >= 4 is 23.6 Å². The molecule has 2 aliphatic heterocycles. The number of urea groups is 1. The van der Waals surface area contributed by atoms with E-state index in [4.69, 9.17) is 4.84 Å². The number of nitrogens with one attached hydrogen (secondary N) is 1. The van der Waals surface area contributed by atoms with Crippen LogP contribution in [0.3, 0.4) is 0 Å². The number of halogens is 1. The van der Waals surface area contributed by atoms with E-state index in [1.54, 1.807) is 38.8 Å². The monoisotopic (exact) mass is 405 g/mol. The molecule has 0 radical (unpaired) electrons. The zero-order valence-corrected chi connectivity index (χ0v) is 17.3. The van der Waals surface area contributed by atoms with Crippen LogP contribution in [0.5, 0.6) is 0 Å². The van der Waals surface area contributed by atoms with Crippen LogP contribution in [0.15, 0.2) is 18.2 Å². The lowest BCUT2D eigenvalue weighted by molar-refractivity contribution is -0.200. The molecule has 0 spiro atoms. The number of hydrogen-bond donors (Lipinski definition) is 1. The fourth-order valence-electron chi connectivity index (χ4n) is 3.67. The smallest absolute Gasteiger partial charge is 0.328 e. The van der Waals surface area contributed by atoms with Gasteiger partial charge in [-0.1, -0.05) is 19.9 Å². The van der Waals surface area contributed by atoms with Crippen molar-refractivity contribution in [1.29, 1.82) is 0 Å². The second-order valence-electron chi connectivity index (χ2n) is 8.55. The highest BCUT2D eigenvalue weighted by Gasteiger charge is 2.46. The van der Waals surface area contributed by atoms with Gasteiger partial charge >= 0.3 is 12.0 Å². The number of imide groups is 1.